The summed E-state index contributed by atoms with van der Waals surface area (Å²) in [6.07, 6.45) is 3.55. The Morgan fingerprint density at radius 1 is 1.29 bits per heavy atom. The fraction of sp³-hybridized carbons (Fsp3) is 0.231. The van der Waals surface area contributed by atoms with Crippen molar-refractivity contribution >= 4 is 5.97 Å². The highest BCUT2D eigenvalue weighted by Crippen LogP contribution is 2.24. The van der Waals surface area contributed by atoms with Crippen molar-refractivity contribution < 1.29 is 9.90 Å². The Bertz CT molecular complexity index is 513. The number of carboxylic acid groups (broad SMARTS) is 1. The summed E-state index contributed by atoms with van der Waals surface area (Å²) in [4.78, 5) is 11.1. The van der Waals surface area contributed by atoms with Crippen molar-refractivity contribution in [1.29, 1.82) is 0 Å². The zero-order valence-electron chi connectivity index (χ0n) is 9.79. The molecule has 2 aromatic rings. The van der Waals surface area contributed by atoms with E-state index in [1.165, 1.54) is 0 Å². The molecule has 0 aliphatic rings. The van der Waals surface area contributed by atoms with Gasteiger partial charge < -0.3 is 5.11 Å². The van der Waals surface area contributed by atoms with E-state index in [-0.39, 0.29) is 0 Å². The van der Waals surface area contributed by atoms with Crippen LogP contribution in [0.15, 0.2) is 42.7 Å². The van der Waals surface area contributed by atoms with Crippen molar-refractivity contribution in [2.24, 2.45) is 0 Å². The van der Waals surface area contributed by atoms with Crippen LogP contribution in [0, 0.1) is 0 Å². The molecule has 0 amide bonds. The van der Waals surface area contributed by atoms with Crippen molar-refractivity contribution in [1.82, 2.24) is 9.78 Å². The van der Waals surface area contributed by atoms with E-state index in [2.05, 4.69) is 5.10 Å². The first-order valence-corrected chi connectivity index (χ1v) is 5.36. The molecule has 4 heteroatoms. The van der Waals surface area contributed by atoms with E-state index in [0.717, 1.165) is 11.3 Å². The van der Waals surface area contributed by atoms with Crippen LogP contribution in [0.4, 0.5) is 0 Å². The van der Waals surface area contributed by atoms with Crippen LogP contribution in [-0.4, -0.2) is 20.9 Å². The first-order valence-electron chi connectivity index (χ1n) is 5.36. The van der Waals surface area contributed by atoms with Crippen LogP contribution in [0.3, 0.4) is 0 Å². The van der Waals surface area contributed by atoms with E-state index in [1.54, 1.807) is 24.7 Å². The Hall–Kier alpha value is -2.10. The molecule has 1 aromatic carbocycles. The van der Waals surface area contributed by atoms with Gasteiger partial charge in [-0.3, -0.25) is 4.79 Å². The number of rotatable bonds is 3. The number of benzene rings is 1. The lowest BCUT2D eigenvalue weighted by molar-refractivity contribution is -0.142. The second kappa shape index (κ2) is 4.05. The molecule has 4 nitrogen and oxygen atoms in total. The summed E-state index contributed by atoms with van der Waals surface area (Å²) in [6.45, 7) is 3.39. The van der Waals surface area contributed by atoms with Crippen LogP contribution in [0.2, 0.25) is 0 Å². The smallest absolute Gasteiger partial charge is 0.313 e. The normalized spacial score (nSPS) is 11.4. The van der Waals surface area contributed by atoms with Gasteiger partial charge >= 0.3 is 5.97 Å². The van der Waals surface area contributed by atoms with Crippen LogP contribution in [0.1, 0.15) is 19.4 Å². The zero-order chi connectivity index (χ0) is 12.5. The average Bonchev–Trinajstić information content (AvgIpc) is 2.82. The number of nitrogens with zero attached hydrogens (tertiary/aromatic N) is 2. The molecular weight excluding hydrogens is 216 g/mol. The molecule has 0 saturated carbocycles. The predicted octanol–water partition coefficient (Wildman–Crippen LogP) is 2.23. The molecule has 0 aliphatic carbocycles. The first-order chi connectivity index (χ1) is 8.01. The minimum atomic E-state index is -0.872. The monoisotopic (exact) mass is 230 g/mol. The Balaban J connectivity index is 2.34. The van der Waals surface area contributed by atoms with Gasteiger partial charge in [0, 0.05) is 12.4 Å². The van der Waals surface area contributed by atoms with Gasteiger partial charge in [-0.2, -0.15) is 5.10 Å². The number of carboxylic acids is 1. The van der Waals surface area contributed by atoms with Gasteiger partial charge in [0.1, 0.15) is 0 Å². The van der Waals surface area contributed by atoms with Crippen LogP contribution < -0.4 is 0 Å². The van der Waals surface area contributed by atoms with Gasteiger partial charge in [-0.05, 0) is 37.6 Å². The molecule has 88 valence electrons. The van der Waals surface area contributed by atoms with E-state index < -0.39 is 11.4 Å². The SMILES string of the molecule is CC(C)(C(=O)O)c1ccc(-n2cccn2)cc1. The summed E-state index contributed by atoms with van der Waals surface area (Å²) in [5.74, 6) is -0.829. The average molecular weight is 230 g/mol. The van der Waals surface area contributed by atoms with Crippen molar-refractivity contribution in [3.05, 3.63) is 48.3 Å². The number of hydrogen-bond acceptors (Lipinski definition) is 2. The molecule has 1 aromatic heterocycles. The Labute approximate surface area is 99.5 Å². The number of aromatic nitrogens is 2. The second-order valence-electron chi connectivity index (χ2n) is 4.43. The molecular formula is C13H14N2O2. The Kier molecular flexibility index (Phi) is 2.71. The molecule has 0 saturated heterocycles. The molecule has 17 heavy (non-hydrogen) atoms. The van der Waals surface area contributed by atoms with Gasteiger partial charge in [0.2, 0.25) is 0 Å². The molecule has 0 aliphatic heterocycles. The van der Waals surface area contributed by atoms with Gasteiger partial charge in [0.15, 0.2) is 0 Å². The van der Waals surface area contributed by atoms with E-state index in [1.807, 2.05) is 36.5 Å². The summed E-state index contributed by atoms with van der Waals surface area (Å²) < 4.78 is 1.73. The number of carbonyl (C=O) groups is 1. The Morgan fingerprint density at radius 3 is 2.41 bits per heavy atom. The molecule has 2 rings (SSSR count). The third-order valence-electron chi connectivity index (χ3n) is 2.89. The van der Waals surface area contributed by atoms with Gasteiger partial charge in [0.25, 0.3) is 0 Å². The summed E-state index contributed by atoms with van der Waals surface area (Å²) in [5, 5.41) is 13.2. The highest BCUT2D eigenvalue weighted by molar-refractivity contribution is 5.80. The second-order valence-corrected chi connectivity index (χ2v) is 4.43. The highest BCUT2D eigenvalue weighted by Gasteiger charge is 2.29. The number of hydrogen-bond donors (Lipinski definition) is 1. The fourth-order valence-corrected chi connectivity index (χ4v) is 1.58. The zero-order valence-corrected chi connectivity index (χ0v) is 9.79. The maximum Gasteiger partial charge on any atom is 0.313 e. The minimum Gasteiger partial charge on any atom is -0.481 e. The van der Waals surface area contributed by atoms with E-state index in [9.17, 15) is 4.79 Å². The predicted molar refractivity (Wildman–Crippen MR) is 64.2 cm³/mol. The standard InChI is InChI=1S/C13H14N2O2/c1-13(2,12(16)17)10-4-6-11(7-5-10)15-9-3-8-14-15/h3-9H,1-2H3,(H,16,17). The topological polar surface area (TPSA) is 55.1 Å². The lowest BCUT2D eigenvalue weighted by Gasteiger charge is -2.19. The summed E-state index contributed by atoms with van der Waals surface area (Å²) >= 11 is 0. The largest absolute Gasteiger partial charge is 0.481 e. The van der Waals surface area contributed by atoms with Crippen LogP contribution in [0.25, 0.3) is 5.69 Å². The lowest BCUT2D eigenvalue weighted by Crippen LogP contribution is -2.28. The van der Waals surface area contributed by atoms with E-state index in [4.69, 9.17) is 5.11 Å². The molecule has 0 unspecified atom stereocenters. The maximum absolute atomic E-state index is 11.1. The summed E-state index contributed by atoms with van der Waals surface area (Å²) in [6, 6.07) is 9.23. The molecule has 0 atom stereocenters. The first kappa shape index (κ1) is 11.4. The minimum absolute atomic E-state index is 0.779. The fourth-order valence-electron chi connectivity index (χ4n) is 1.58. The van der Waals surface area contributed by atoms with Crippen molar-refractivity contribution in [3.8, 4) is 5.69 Å². The molecule has 0 radical (unpaired) electrons. The number of aliphatic carboxylic acids is 1. The van der Waals surface area contributed by atoms with Gasteiger partial charge in [-0.15, -0.1) is 0 Å². The van der Waals surface area contributed by atoms with Gasteiger partial charge in [-0.1, -0.05) is 12.1 Å². The third-order valence-corrected chi connectivity index (χ3v) is 2.89. The highest BCUT2D eigenvalue weighted by atomic mass is 16.4. The summed E-state index contributed by atoms with van der Waals surface area (Å²) in [7, 11) is 0. The van der Waals surface area contributed by atoms with Crippen molar-refractivity contribution in [2.75, 3.05) is 0 Å². The summed E-state index contributed by atoms with van der Waals surface area (Å²) in [5.41, 5.74) is 0.823. The third kappa shape index (κ3) is 2.06. The van der Waals surface area contributed by atoms with Crippen molar-refractivity contribution in [2.45, 2.75) is 19.3 Å². The quantitative estimate of drug-likeness (QED) is 0.879. The van der Waals surface area contributed by atoms with Crippen LogP contribution in [-0.2, 0) is 10.2 Å². The van der Waals surface area contributed by atoms with E-state index in [0.29, 0.717) is 0 Å². The molecule has 0 bridgehead atoms. The van der Waals surface area contributed by atoms with Crippen LogP contribution >= 0.6 is 0 Å². The molecule has 0 spiro atoms. The lowest BCUT2D eigenvalue weighted by atomic mass is 9.85. The molecule has 0 fully saturated rings. The van der Waals surface area contributed by atoms with Crippen LogP contribution in [0.5, 0.6) is 0 Å². The Morgan fingerprint density at radius 2 is 1.94 bits per heavy atom. The van der Waals surface area contributed by atoms with Crippen molar-refractivity contribution in [3.63, 3.8) is 0 Å². The molecule has 1 heterocycles. The van der Waals surface area contributed by atoms with E-state index >= 15 is 0 Å². The molecule has 1 N–H and O–H groups in total. The maximum atomic E-state index is 11.1. The van der Waals surface area contributed by atoms with Gasteiger partial charge in [0.05, 0.1) is 11.1 Å². The van der Waals surface area contributed by atoms with Gasteiger partial charge in [-0.25, -0.2) is 4.68 Å².